The van der Waals surface area contributed by atoms with Crippen molar-refractivity contribution < 1.29 is 19.1 Å². The summed E-state index contributed by atoms with van der Waals surface area (Å²) in [4.78, 5) is 24.7. The number of anilines is 3. The van der Waals surface area contributed by atoms with Crippen molar-refractivity contribution in [1.82, 2.24) is 0 Å². The van der Waals surface area contributed by atoms with Crippen LogP contribution in [0.25, 0.3) is 0 Å². The number of ether oxygens (including phenoxy) is 2. The fourth-order valence-corrected chi connectivity index (χ4v) is 2.94. The van der Waals surface area contributed by atoms with Crippen LogP contribution in [0.15, 0.2) is 78.9 Å². The van der Waals surface area contributed by atoms with E-state index in [0.717, 1.165) is 5.75 Å². The van der Waals surface area contributed by atoms with Crippen LogP contribution in [0.5, 0.6) is 11.5 Å². The van der Waals surface area contributed by atoms with E-state index in [1.807, 2.05) is 75.4 Å². The van der Waals surface area contributed by atoms with Gasteiger partial charge in [-0.2, -0.15) is 0 Å². The first-order chi connectivity index (χ1) is 16.3. The normalized spacial score (nSPS) is 10.8. The van der Waals surface area contributed by atoms with Gasteiger partial charge in [-0.15, -0.1) is 0 Å². The van der Waals surface area contributed by atoms with Gasteiger partial charge in [-0.3, -0.25) is 9.59 Å². The molecule has 3 aromatic rings. The fraction of sp³-hybridized carbons (Fsp3) is 0.259. The molecular formula is C27H31N3O4. The van der Waals surface area contributed by atoms with Crippen LogP contribution < -0.4 is 25.4 Å². The number of para-hydroxylation sites is 3. The van der Waals surface area contributed by atoms with Gasteiger partial charge in [-0.1, -0.05) is 57.2 Å². The van der Waals surface area contributed by atoms with Gasteiger partial charge in [0.2, 0.25) is 11.8 Å². The quantitative estimate of drug-likeness (QED) is 0.362. The highest BCUT2D eigenvalue weighted by Gasteiger charge is 2.21. The number of hydrogen-bond acceptors (Lipinski definition) is 5. The summed E-state index contributed by atoms with van der Waals surface area (Å²) in [5.41, 5.74) is 1.43. The lowest BCUT2D eigenvalue weighted by molar-refractivity contribution is -0.123. The highest BCUT2D eigenvalue weighted by Crippen LogP contribution is 2.24. The molecule has 0 saturated heterocycles. The maximum absolute atomic E-state index is 12.5. The van der Waals surface area contributed by atoms with Crippen molar-refractivity contribution in [3.63, 3.8) is 0 Å². The minimum absolute atomic E-state index is 0.0550. The average molecular weight is 462 g/mol. The molecule has 0 spiro atoms. The number of benzene rings is 3. The molecule has 3 N–H and O–H groups in total. The zero-order chi connectivity index (χ0) is 24.4. The number of hydrogen-bond donors (Lipinski definition) is 3. The Labute approximate surface area is 200 Å². The fourth-order valence-electron chi connectivity index (χ4n) is 2.94. The summed E-state index contributed by atoms with van der Waals surface area (Å²) in [6.07, 6.45) is 0. The Morgan fingerprint density at radius 2 is 1.41 bits per heavy atom. The second-order valence-corrected chi connectivity index (χ2v) is 8.69. The Morgan fingerprint density at radius 3 is 2.15 bits per heavy atom. The van der Waals surface area contributed by atoms with Gasteiger partial charge in [0, 0.05) is 16.8 Å². The van der Waals surface area contributed by atoms with Crippen LogP contribution in [-0.2, 0) is 9.59 Å². The van der Waals surface area contributed by atoms with E-state index in [-0.39, 0.29) is 18.4 Å². The number of nitrogens with one attached hydrogen (secondary N) is 3. The summed E-state index contributed by atoms with van der Waals surface area (Å²) in [5.74, 6) is 1.11. The van der Waals surface area contributed by atoms with Gasteiger partial charge in [0.15, 0.2) is 0 Å². The summed E-state index contributed by atoms with van der Waals surface area (Å²) in [6.45, 7) is 6.36. The van der Waals surface area contributed by atoms with Crippen molar-refractivity contribution in [3.05, 3.63) is 78.9 Å². The summed E-state index contributed by atoms with van der Waals surface area (Å²) < 4.78 is 11.5. The molecule has 7 heteroatoms. The van der Waals surface area contributed by atoms with E-state index < -0.39 is 5.41 Å². The first-order valence-corrected chi connectivity index (χ1v) is 11.2. The first-order valence-electron chi connectivity index (χ1n) is 11.2. The summed E-state index contributed by atoms with van der Waals surface area (Å²) >= 11 is 0. The van der Waals surface area contributed by atoms with Gasteiger partial charge >= 0.3 is 0 Å². The summed E-state index contributed by atoms with van der Waals surface area (Å²) in [5, 5.41) is 8.81. The molecule has 178 valence electrons. The van der Waals surface area contributed by atoms with Gasteiger partial charge in [0.25, 0.3) is 0 Å². The van der Waals surface area contributed by atoms with E-state index in [9.17, 15) is 9.59 Å². The lowest BCUT2D eigenvalue weighted by Crippen LogP contribution is -2.27. The van der Waals surface area contributed by atoms with Crippen molar-refractivity contribution in [2.45, 2.75) is 20.8 Å². The van der Waals surface area contributed by atoms with E-state index >= 15 is 0 Å². The van der Waals surface area contributed by atoms with Crippen LogP contribution in [0.3, 0.4) is 0 Å². The van der Waals surface area contributed by atoms with Gasteiger partial charge in [0.1, 0.15) is 24.7 Å². The smallest absolute Gasteiger partial charge is 0.243 e. The second kappa shape index (κ2) is 11.7. The molecule has 0 saturated carbocycles. The van der Waals surface area contributed by atoms with Crippen LogP contribution >= 0.6 is 0 Å². The molecule has 0 aromatic heterocycles. The lowest BCUT2D eigenvalue weighted by atomic mass is 9.95. The Bertz CT molecular complexity index is 1090. The minimum atomic E-state index is -0.508. The molecule has 0 atom stereocenters. The third kappa shape index (κ3) is 7.85. The largest absolute Gasteiger partial charge is 0.490 e. The molecular weight excluding hydrogens is 430 g/mol. The molecule has 0 bridgehead atoms. The molecule has 3 rings (SSSR count). The van der Waals surface area contributed by atoms with Gasteiger partial charge in [0.05, 0.1) is 12.2 Å². The van der Waals surface area contributed by atoms with Gasteiger partial charge in [-0.05, 0) is 42.5 Å². The molecule has 3 aromatic carbocycles. The maximum Gasteiger partial charge on any atom is 0.243 e. The molecule has 0 fully saturated rings. The first kappa shape index (κ1) is 24.6. The molecule has 34 heavy (non-hydrogen) atoms. The highest BCUT2D eigenvalue weighted by atomic mass is 16.5. The number of rotatable bonds is 10. The Morgan fingerprint density at radius 1 is 0.765 bits per heavy atom. The third-order valence-electron chi connectivity index (χ3n) is 4.76. The predicted molar refractivity (Wildman–Crippen MR) is 136 cm³/mol. The van der Waals surface area contributed by atoms with Crippen molar-refractivity contribution in [2.75, 3.05) is 35.7 Å². The maximum atomic E-state index is 12.5. The van der Waals surface area contributed by atoms with E-state index in [2.05, 4.69) is 16.0 Å². The van der Waals surface area contributed by atoms with Crippen LogP contribution in [-0.4, -0.2) is 31.6 Å². The minimum Gasteiger partial charge on any atom is -0.490 e. The molecule has 0 aliphatic heterocycles. The van der Waals surface area contributed by atoms with E-state index in [4.69, 9.17) is 9.47 Å². The van der Waals surface area contributed by atoms with Crippen LogP contribution in [0.2, 0.25) is 0 Å². The lowest BCUT2D eigenvalue weighted by Gasteiger charge is -2.18. The van der Waals surface area contributed by atoms with Crippen molar-refractivity contribution >= 4 is 28.9 Å². The monoisotopic (exact) mass is 461 g/mol. The molecule has 0 unspecified atom stereocenters. The van der Waals surface area contributed by atoms with Gasteiger partial charge < -0.3 is 25.4 Å². The average Bonchev–Trinajstić information content (AvgIpc) is 2.81. The standard InChI is InChI=1S/C27H31N3O4/c1-27(2,3)26(32)30-21-11-9-10-20(18-21)29-25(31)19-28-23-14-7-8-15-24(23)34-17-16-33-22-12-5-4-6-13-22/h4-15,18,28H,16-17,19H2,1-3H3,(H,29,31)(H,30,32). The Kier molecular flexibility index (Phi) is 8.51. The second-order valence-electron chi connectivity index (χ2n) is 8.69. The van der Waals surface area contributed by atoms with Crippen LogP contribution in [0.1, 0.15) is 20.8 Å². The SMILES string of the molecule is CC(C)(C)C(=O)Nc1cccc(NC(=O)CNc2ccccc2OCCOc2ccccc2)c1. The Hall–Kier alpha value is -4.00. The number of carbonyl (C=O) groups is 2. The van der Waals surface area contributed by atoms with Crippen LogP contribution in [0, 0.1) is 5.41 Å². The van der Waals surface area contributed by atoms with Crippen molar-refractivity contribution in [3.8, 4) is 11.5 Å². The topological polar surface area (TPSA) is 88.7 Å². The van der Waals surface area contributed by atoms with Crippen molar-refractivity contribution in [2.24, 2.45) is 5.41 Å². The molecule has 0 aliphatic carbocycles. The van der Waals surface area contributed by atoms with Crippen LogP contribution in [0.4, 0.5) is 17.1 Å². The molecule has 7 nitrogen and oxygen atoms in total. The molecule has 0 heterocycles. The van der Waals surface area contributed by atoms with E-state index in [1.165, 1.54) is 0 Å². The summed E-state index contributed by atoms with van der Waals surface area (Å²) in [7, 11) is 0. The summed E-state index contributed by atoms with van der Waals surface area (Å²) in [6, 6.07) is 24.0. The van der Waals surface area contributed by atoms with E-state index in [1.54, 1.807) is 24.3 Å². The zero-order valence-electron chi connectivity index (χ0n) is 19.8. The Balaban J connectivity index is 1.48. The zero-order valence-corrected chi connectivity index (χ0v) is 19.8. The molecule has 0 radical (unpaired) electrons. The molecule has 2 amide bonds. The van der Waals surface area contributed by atoms with Crippen molar-refractivity contribution in [1.29, 1.82) is 0 Å². The highest BCUT2D eigenvalue weighted by molar-refractivity contribution is 5.97. The van der Waals surface area contributed by atoms with Gasteiger partial charge in [-0.25, -0.2) is 0 Å². The van der Waals surface area contributed by atoms with E-state index in [0.29, 0.717) is 36.0 Å². The third-order valence-corrected chi connectivity index (χ3v) is 4.76. The molecule has 0 aliphatic rings. The predicted octanol–water partition coefficient (Wildman–Crippen LogP) is 5.18. The number of amides is 2. The number of carbonyl (C=O) groups excluding carboxylic acids is 2.